The van der Waals surface area contributed by atoms with Crippen molar-refractivity contribution in [2.24, 2.45) is 0 Å². The molecule has 118 valence electrons. The van der Waals surface area contributed by atoms with E-state index in [4.69, 9.17) is 0 Å². The van der Waals surface area contributed by atoms with Crippen molar-refractivity contribution in [3.05, 3.63) is 0 Å². The standard InChI is InChI=1S/C14H24N2O4.Ti/c1-11(17)7-15(8-12(2)18)5-6-16(9-13(3)19)10-14(4)20;/h5-10H2,1-4H3;. The zero-order valence-corrected chi connectivity index (χ0v) is 14.8. The minimum Gasteiger partial charge on any atom is -0.299 e. The van der Waals surface area contributed by atoms with Crippen LogP contribution in [-0.4, -0.2) is 72.2 Å². The third-order valence-corrected chi connectivity index (χ3v) is 2.52. The molecule has 0 unspecified atom stereocenters. The van der Waals surface area contributed by atoms with E-state index < -0.39 is 0 Å². The van der Waals surface area contributed by atoms with Crippen LogP contribution in [0.1, 0.15) is 27.7 Å². The molecule has 0 saturated heterocycles. The van der Waals surface area contributed by atoms with Gasteiger partial charge in [-0.05, 0) is 27.7 Å². The predicted octanol–water partition coefficient (Wildman–Crippen LogP) is -0.0561. The molecular formula is C14H24N2O4Ti. The number of hydrogen-bond donors (Lipinski definition) is 0. The fourth-order valence-corrected chi connectivity index (χ4v) is 1.97. The van der Waals surface area contributed by atoms with Crippen molar-refractivity contribution in [3.63, 3.8) is 0 Å². The second-order valence-corrected chi connectivity index (χ2v) is 5.23. The predicted molar refractivity (Wildman–Crippen MR) is 75.6 cm³/mol. The number of hydrogen-bond acceptors (Lipinski definition) is 6. The first-order valence-electron chi connectivity index (χ1n) is 6.63. The SMILES string of the molecule is CC(=O)CN(CCN(CC(C)=O)CC(C)=O)CC(C)=O.[Ti]. The summed E-state index contributed by atoms with van der Waals surface area (Å²) < 4.78 is 0. The fraction of sp³-hybridized carbons (Fsp3) is 0.714. The molecule has 0 aliphatic heterocycles. The van der Waals surface area contributed by atoms with Gasteiger partial charge in [0.05, 0.1) is 26.2 Å². The second-order valence-electron chi connectivity index (χ2n) is 5.23. The van der Waals surface area contributed by atoms with Gasteiger partial charge in [-0.2, -0.15) is 0 Å². The molecule has 0 radical (unpaired) electrons. The summed E-state index contributed by atoms with van der Waals surface area (Å²) in [5, 5.41) is 0. The number of carbonyl (C=O) groups is 4. The number of carbonyl (C=O) groups excluding carboxylic acids is 4. The van der Waals surface area contributed by atoms with Crippen molar-refractivity contribution in [2.45, 2.75) is 27.7 Å². The van der Waals surface area contributed by atoms with E-state index in [0.717, 1.165) is 0 Å². The Labute approximate surface area is 141 Å². The number of nitrogens with zero attached hydrogens (tertiary/aromatic N) is 2. The van der Waals surface area contributed by atoms with Gasteiger partial charge in [-0.3, -0.25) is 29.0 Å². The monoisotopic (exact) mass is 332 g/mol. The molecule has 0 aliphatic carbocycles. The van der Waals surface area contributed by atoms with Gasteiger partial charge >= 0.3 is 0 Å². The van der Waals surface area contributed by atoms with Crippen molar-refractivity contribution < 1.29 is 40.9 Å². The first-order valence-corrected chi connectivity index (χ1v) is 6.63. The molecule has 0 rings (SSSR count). The third kappa shape index (κ3) is 14.0. The molecule has 0 atom stereocenters. The molecular weight excluding hydrogens is 308 g/mol. The average Bonchev–Trinajstić information content (AvgIpc) is 2.22. The van der Waals surface area contributed by atoms with Crippen LogP contribution in [0.25, 0.3) is 0 Å². The van der Waals surface area contributed by atoms with Gasteiger partial charge in [0.2, 0.25) is 0 Å². The van der Waals surface area contributed by atoms with Crippen LogP contribution < -0.4 is 0 Å². The van der Waals surface area contributed by atoms with Crippen molar-refractivity contribution >= 4 is 23.1 Å². The summed E-state index contributed by atoms with van der Waals surface area (Å²) in [6.07, 6.45) is 0. The fourth-order valence-electron chi connectivity index (χ4n) is 1.97. The van der Waals surface area contributed by atoms with Crippen LogP contribution in [0.2, 0.25) is 0 Å². The zero-order valence-electron chi connectivity index (χ0n) is 13.3. The van der Waals surface area contributed by atoms with E-state index in [9.17, 15) is 19.2 Å². The summed E-state index contributed by atoms with van der Waals surface area (Å²) in [4.78, 5) is 48.1. The molecule has 0 spiro atoms. The van der Waals surface area contributed by atoms with E-state index in [1.54, 1.807) is 9.80 Å². The van der Waals surface area contributed by atoms with E-state index in [0.29, 0.717) is 13.1 Å². The molecule has 0 amide bonds. The Morgan fingerprint density at radius 2 is 0.762 bits per heavy atom. The van der Waals surface area contributed by atoms with Crippen molar-refractivity contribution in [1.82, 2.24) is 9.80 Å². The van der Waals surface area contributed by atoms with E-state index in [1.165, 1.54) is 27.7 Å². The van der Waals surface area contributed by atoms with Gasteiger partial charge in [0.25, 0.3) is 0 Å². The largest absolute Gasteiger partial charge is 0.299 e. The Bertz CT molecular complexity index is 317. The Hall–Kier alpha value is -0.686. The maximum absolute atomic E-state index is 11.2. The first-order chi connectivity index (χ1) is 9.20. The quantitative estimate of drug-likeness (QED) is 0.494. The molecule has 0 aromatic heterocycles. The first kappa shape index (κ1) is 22.6. The summed E-state index contributed by atoms with van der Waals surface area (Å²) in [6, 6.07) is 0. The van der Waals surface area contributed by atoms with Gasteiger partial charge in [0, 0.05) is 34.8 Å². The normalized spacial score (nSPS) is 10.4. The summed E-state index contributed by atoms with van der Waals surface area (Å²) in [7, 11) is 0. The van der Waals surface area contributed by atoms with Crippen LogP contribution >= 0.6 is 0 Å². The maximum Gasteiger partial charge on any atom is 0.143 e. The molecule has 0 N–H and O–H groups in total. The maximum atomic E-state index is 11.2. The van der Waals surface area contributed by atoms with Gasteiger partial charge < -0.3 is 0 Å². The van der Waals surface area contributed by atoms with Gasteiger partial charge in [-0.15, -0.1) is 0 Å². The van der Waals surface area contributed by atoms with Crippen LogP contribution in [0.4, 0.5) is 0 Å². The third-order valence-electron chi connectivity index (χ3n) is 2.52. The molecule has 0 fully saturated rings. The molecule has 6 nitrogen and oxygen atoms in total. The topological polar surface area (TPSA) is 74.8 Å². The van der Waals surface area contributed by atoms with Crippen LogP contribution in [0.5, 0.6) is 0 Å². The molecule has 0 aromatic carbocycles. The Kier molecular flexibility index (Phi) is 12.8. The number of rotatable bonds is 11. The van der Waals surface area contributed by atoms with Crippen molar-refractivity contribution in [3.8, 4) is 0 Å². The van der Waals surface area contributed by atoms with E-state index in [2.05, 4.69) is 0 Å². The van der Waals surface area contributed by atoms with Crippen molar-refractivity contribution in [1.29, 1.82) is 0 Å². The molecule has 0 saturated carbocycles. The summed E-state index contributed by atoms with van der Waals surface area (Å²) in [6.45, 7) is 7.62. The van der Waals surface area contributed by atoms with Gasteiger partial charge in [-0.25, -0.2) is 0 Å². The van der Waals surface area contributed by atoms with Crippen molar-refractivity contribution in [2.75, 3.05) is 39.3 Å². The number of ketones is 4. The summed E-state index contributed by atoms with van der Waals surface area (Å²) in [5.41, 5.74) is 0. The molecule has 0 heterocycles. The molecule has 0 aromatic rings. The second kappa shape index (κ2) is 11.9. The number of Topliss-reactive ketones (excluding diaryl/α,β-unsaturated/α-hetero) is 4. The van der Waals surface area contributed by atoms with Gasteiger partial charge in [0.15, 0.2) is 0 Å². The Morgan fingerprint density at radius 3 is 0.905 bits per heavy atom. The van der Waals surface area contributed by atoms with Crippen LogP contribution in [0.3, 0.4) is 0 Å². The van der Waals surface area contributed by atoms with E-state index >= 15 is 0 Å². The van der Waals surface area contributed by atoms with E-state index in [1.807, 2.05) is 0 Å². The summed E-state index contributed by atoms with van der Waals surface area (Å²) >= 11 is 0. The summed E-state index contributed by atoms with van der Waals surface area (Å²) in [5.74, 6) is -0.0706. The van der Waals surface area contributed by atoms with Gasteiger partial charge in [-0.1, -0.05) is 0 Å². The molecule has 7 heteroatoms. The van der Waals surface area contributed by atoms with Crippen LogP contribution in [0.15, 0.2) is 0 Å². The molecule has 0 aliphatic rings. The van der Waals surface area contributed by atoms with E-state index in [-0.39, 0.29) is 71.0 Å². The average molecular weight is 332 g/mol. The van der Waals surface area contributed by atoms with Gasteiger partial charge in [0.1, 0.15) is 23.1 Å². The zero-order chi connectivity index (χ0) is 15.7. The molecule has 0 bridgehead atoms. The van der Waals surface area contributed by atoms with Crippen LogP contribution in [-0.2, 0) is 40.9 Å². The molecule has 21 heavy (non-hydrogen) atoms. The Balaban J connectivity index is 0. The Morgan fingerprint density at radius 1 is 0.571 bits per heavy atom. The minimum atomic E-state index is -0.0177. The smallest absolute Gasteiger partial charge is 0.143 e. The van der Waals surface area contributed by atoms with Crippen LogP contribution in [0, 0.1) is 0 Å². The minimum absolute atomic E-state index is 0.